The van der Waals surface area contributed by atoms with Crippen LogP contribution in [0.4, 0.5) is 0 Å². The zero-order valence-electron chi connectivity index (χ0n) is 23.8. The van der Waals surface area contributed by atoms with Crippen molar-refractivity contribution in [2.75, 3.05) is 27.3 Å². The number of likely N-dealkylation sites (N-methyl/N-ethyl adjacent to an activating group) is 1. The van der Waals surface area contributed by atoms with Gasteiger partial charge in [-0.2, -0.15) is 0 Å². The van der Waals surface area contributed by atoms with Crippen LogP contribution >= 0.6 is 0 Å². The van der Waals surface area contributed by atoms with E-state index in [2.05, 4.69) is 6.92 Å². The Morgan fingerprint density at radius 1 is 0.974 bits per heavy atom. The number of esters is 3. The zero-order chi connectivity index (χ0) is 28.3. The number of carbonyl (C=O) groups is 3. The molecule has 0 aromatic carbocycles. The van der Waals surface area contributed by atoms with E-state index in [0.717, 1.165) is 24.0 Å². The topological polar surface area (TPSA) is 121 Å². The van der Waals surface area contributed by atoms with Crippen molar-refractivity contribution in [1.82, 2.24) is 4.90 Å². The first-order chi connectivity index (χ1) is 18.3. The van der Waals surface area contributed by atoms with Gasteiger partial charge in [-0.25, -0.2) is 0 Å². The van der Waals surface area contributed by atoms with Crippen molar-refractivity contribution in [3.63, 3.8) is 0 Å². The van der Waals surface area contributed by atoms with Gasteiger partial charge in [0.15, 0.2) is 18.0 Å². The number of ether oxygens (including phenoxy) is 5. The van der Waals surface area contributed by atoms with Crippen LogP contribution in [0.1, 0.15) is 66.2 Å². The molecule has 10 heteroatoms. The van der Waals surface area contributed by atoms with Crippen LogP contribution in [0.2, 0.25) is 0 Å². The van der Waals surface area contributed by atoms with E-state index in [4.69, 9.17) is 23.7 Å². The molecule has 10 nitrogen and oxygen atoms in total. The third-order valence-corrected chi connectivity index (χ3v) is 9.66. The molecule has 4 aliphatic carbocycles. The second-order valence-electron chi connectivity index (χ2n) is 12.2. The molecule has 5 aliphatic rings. The normalized spacial score (nSPS) is 38.9. The van der Waals surface area contributed by atoms with Gasteiger partial charge in [-0.05, 0) is 63.8 Å². The lowest BCUT2D eigenvalue weighted by Crippen LogP contribution is -2.60. The number of carbonyl (C=O) groups excluding carboxylic acids is 3. The molecule has 216 valence electrons. The highest BCUT2D eigenvalue weighted by Gasteiger charge is 2.65. The Kier molecular flexibility index (Phi) is 7.23. The predicted molar refractivity (Wildman–Crippen MR) is 138 cm³/mol. The monoisotopic (exact) mass is 547 g/mol. The van der Waals surface area contributed by atoms with Gasteiger partial charge in [0.05, 0.1) is 24.9 Å². The van der Waals surface area contributed by atoms with E-state index in [0.29, 0.717) is 44.5 Å². The summed E-state index contributed by atoms with van der Waals surface area (Å²) >= 11 is 0. The maximum Gasteiger partial charge on any atom is 0.303 e. The molecule has 2 saturated carbocycles. The molecule has 1 N–H and O–H groups in total. The van der Waals surface area contributed by atoms with E-state index in [9.17, 15) is 19.5 Å². The minimum atomic E-state index is -1.32. The quantitative estimate of drug-likeness (QED) is 0.415. The van der Waals surface area contributed by atoms with Crippen LogP contribution in [0, 0.1) is 11.3 Å². The van der Waals surface area contributed by atoms with Crippen molar-refractivity contribution in [2.24, 2.45) is 11.3 Å². The Bertz CT molecular complexity index is 1110. The van der Waals surface area contributed by atoms with Gasteiger partial charge in [0.1, 0.15) is 6.10 Å². The van der Waals surface area contributed by atoms with Crippen LogP contribution in [0.3, 0.4) is 0 Å². The second kappa shape index (κ2) is 9.98. The Balaban J connectivity index is 1.65. The van der Waals surface area contributed by atoms with Crippen molar-refractivity contribution in [3.8, 4) is 0 Å². The van der Waals surface area contributed by atoms with Crippen LogP contribution in [0.25, 0.3) is 0 Å². The molecule has 5 rings (SSSR count). The van der Waals surface area contributed by atoms with Crippen LogP contribution < -0.4 is 0 Å². The van der Waals surface area contributed by atoms with E-state index in [1.807, 2.05) is 25.1 Å². The van der Waals surface area contributed by atoms with Gasteiger partial charge in [0.25, 0.3) is 0 Å². The van der Waals surface area contributed by atoms with Gasteiger partial charge in [0, 0.05) is 38.2 Å². The number of rotatable bonds is 4. The Morgan fingerprint density at radius 3 is 2.21 bits per heavy atom. The van der Waals surface area contributed by atoms with Gasteiger partial charge in [-0.3, -0.25) is 14.4 Å². The summed E-state index contributed by atoms with van der Waals surface area (Å²) in [5.74, 6) is -2.06. The van der Waals surface area contributed by atoms with Gasteiger partial charge in [0.2, 0.25) is 0 Å². The maximum atomic E-state index is 12.3. The summed E-state index contributed by atoms with van der Waals surface area (Å²) in [6.07, 6.45) is 2.83. The van der Waals surface area contributed by atoms with Crippen molar-refractivity contribution < 1.29 is 43.2 Å². The van der Waals surface area contributed by atoms with Crippen molar-refractivity contribution in [3.05, 3.63) is 22.8 Å². The lowest BCUT2D eigenvalue weighted by atomic mass is 9.63. The fraction of sp³-hybridized carbons (Fsp3) is 0.759. The van der Waals surface area contributed by atoms with Crippen molar-refractivity contribution >= 4 is 17.9 Å². The van der Waals surface area contributed by atoms with Gasteiger partial charge in [-0.1, -0.05) is 12.5 Å². The predicted octanol–water partition coefficient (Wildman–Crippen LogP) is 2.43. The molecule has 1 spiro atoms. The Labute approximate surface area is 229 Å². The molecule has 3 fully saturated rings. The van der Waals surface area contributed by atoms with E-state index < -0.39 is 53.0 Å². The summed E-state index contributed by atoms with van der Waals surface area (Å²) in [4.78, 5) is 38.7. The summed E-state index contributed by atoms with van der Waals surface area (Å²) < 4.78 is 30.0. The minimum Gasteiger partial charge on any atom is -0.458 e. The average molecular weight is 548 g/mol. The first-order valence-electron chi connectivity index (χ1n) is 13.9. The lowest BCUT2D eigenvalue weighted by Gasteiger charge is -2.48. The highest BCUT2D eigenvalue weighted by atomic mass is 16.7. The number of hydrogen-bond acceptors (Lipinski definition) is 10. The van der Waals surface area contributed by atoms with Crippen LogP contribution in [-0.2, 0) is 38.1 Å². The fourth-order valence-electron chi connectivity index (χ4n) is 8.02. The fourth-order valence-corrected chi connectivity index (χ4v) is 8.02. The molecule has 0 bridgehead atoms. The number of nitrogens with zero attached hydrogens (tertiary/aromatic N) is 1. The van der Waals surface area contributed by atoms with E-state index in [1.54, 1.807) is 0 Å². The first-order valence-corrected chi connectivity index (χ1v) is 13.9. The molecule has 7 atom stereocenters. The largest absolute Gasteiger partial charge is 0.458 e. The van der Waals surface area contributed by atoms with Gasteiger partial charge in [-0.15, -0.1) is 0 Å². The molecule has 0 aromatic heterocycles. The van der Waals surface area contributed by atoms with Crippen molar-refractivity contribution in [2.45, 2.75) is 102 Å². The molecule has 1 aliphatic heterocycles. The molecule has 1 heterocycles. The van der Waals surface area contributed by atoms with Crippen LogP contribution in [0.15, 0.2) is 22.8 Å². The minimum absolute atomic E-state index is 0.110. The number of hydrogen-bond donors (Lipinski definition) is 1. The van der Waals surface area contributed by atoms with Crippen LogP contribution in [-0.4, -0.2) is 91.0 Å². The van der Waals surface area contributed by atoms with E-state index in [-0.39, 0.29) is 12.0 Å². The summed E-state index contributed by atoms with van der Waals surface area (Å²) in [5, 5.41) is 12.2. The SMILES string of the molecule is CC(=O)OC1CC2(C)[C@@H](CCC23OCCO3)C2=C1C=C1[C@@H](OC(C)=O)C(OC(C)=O)[C@@H](N(C)C)C[C@]1(O)CC2. The molecular weight excluding hydrogens is 506 g/mol. The summed E-state index contributed by atoms with van der Waals surface area (Å²) in [7, 11) is 3.71. The third kappa shape index (κ3) is 4.63. The summed E-state index contributed by atoms with van der Waals surface area (Å²) in [5.41, 5.74) is 0.690. The molecule has 3 unspecified atom stereocenters. The van der Waals surface area contributed by atoms with Gasteiger partial charge < -0.3 is 33.7 Å². The number of allylic oxidation sites excluding steroid dienone is 1. The van der Waals surface area contributed by atoms with E-state index in [1.165, 1.54) is 20.8 Å². The summed E-state index contributed by atoms with van der Waals surface area (Å²) in [6.45, 7) is 7.24. The molecule has 0 aromatic rings. The number of fused-ring (bicyclic) bond motifs is 4. The van der Waals surface area contributed by atoms with E-state index >= 15 is 0 Å². The average Bonchev–Trinajstić information content (AvgIpc) is 3.37. The smallest absolute Gasteiger partial charge is 0.303 e. The second-order valence-corrected chi connectivity index (χ2v) is 12.2. The Morgan fingerprint density at radius 2 is 1.62 bits per heavy atom. The lowest BCUT2D eigenvalue weighted by molar-refractivity contribution is -0.232. The van der Waals surface area contributed by atoms with Crippen molar-refractivity contribution in [1.29, 1.82) is 0 Å². The molecule has 39 heavy (non-hydrogen) atoms. The molecule has 0 amide bonds. The van der Waals surface area contributed by atoms with Gasteiger partial charge >= 0.3 is 17.9 Å². The molecule has 0 radical (unpaired) electrons. The zero-order valence-corrected chi connectivity index (χ0v) is 23.8. The highest BCUT2D eigenvalue weighted by Crippen LogP contribution is 2.64. The highest BCUT2D eigenvalue weighted by molar-refractivity contribution is 5.69. The Hall–Kier alpha value is -2.27. The summed E-state index contributed by atoms with van der Waals surface area (Å²) in [6, 6.07) is -0.389. The third-order valence-electron chi connectivity index (χ3n) is 9.66. The molecular formula is C29H41NO9. The maximum absolute atomic E-state index is 12.3. The van der Waals surface area contributed by atoms with Crippen LogP contribution in [0.5, 0.6) is 0 Å². The molecule has 1 saturated heterocycles. The number of aliphatic hydroxyl groups is 1. The standard InChI is InChI=1S/C29H41NO9/c1-16(31)37-24-15-27(4)21(8-10-29(27)35-11-12-36-29)19-7-9-28(34)14-23(30(5)6)26(39-18(3)33)25(38-17(2)32)22(28)13-20(19)24/h13,21,23-26,34H,7-12,14-15H2,1-6H3/t21-,23-,24?,25+,26?,27?,28+/m0/s1. The first kappa shape index (κ1) is 28.3.